The number of aliphatic hydroxyl groups is 1. The van der Waals surface area contributed by atoms with Gasteiger partial charge >= 0.3 is 0 Å². The summed E-state index contributed by atoms with van der Waals surface area (Å²) in [7, 11) is 0. The molecule has 1 aromatic carbocycles. The van der Waals surface area contributed by atoms with Crippen LogP contribution in [0.25, 0.3) is 0 Å². The average molecular weight is 300 g/mol. The molecular weight excluding hydrogens is 276 g/mol. The first-order valence-electron chi connectivity index (χ1n) is 8.55. The highest BCUT2D eigenvalue weighted by molar-refractivity contribution is 5.37. The van der Waals surface area contributed by atoms with Crippen molar-refractivity contribution in [3.8, 4) is 5.75 Å². The lowest BCUT2D eigenvalue weighted by Crippen LogP contribution is -2.43. The van der Waals surface area contributed by atoms with Gasteiger partial charge in [0.2, 0.25) is 5.43 Å². The second-order valence-corrected chi connectivity index (χ2v) is 7.76. The molecule has 3 heteroatoms. The van der Waals surface area contributed by atoms with Crippen LogP contribution in [0.3, 0.4) is 0 Å². The summed E-state index contributed by atoms with van der Waals surface area (Å²) in [4.78, 5) is 11.8. The Bertz CT molecular complexity index is 668. The van der Waals surface area contributed by atoms with Gasteiger partial charge in [-0.05, 0) is 85.0 Å². The first-order chi connectivity index (χ1) is 10.5. The molecule has 3 aliphatic carbocycles. The van der Waals surface area contributed by atoms with Gasteiger partial charge in [0.25, 0.3) is 0 Å². The summed E-state index contributed by atoms with van der Waals surface area (Å²) in [5, 5.41) is 20.1. The highest BCUT2D eigenvalue weighted by atomic mass is 16.3. The molecule has 2 saturated carbocycles. The third-order valence-corrected chi connectivity index (χ3v) is 6.88. The van der Waals surface area contributed by atoms with E-state index in [1.54, 1.807) is 12.1 Å². The fourth-order valence-corrected chi connectivity index (χ4v) is 5.62. The van der Waals surface area contributed by atoms with Crippen LogP contribution in [0.5, 0.6) is 5.75 Å². The summed E-state index contributed by atoms with van der Waals surface area (Å²) in [6.45, 7) is 2.27. The maximum atomic E-state index is 11.8. The summed E-state index contributed by atoms with van der Waals surface area (Å²) in [5.41, 5.74) is 2.20. The summed E-state index contributed by atoms with van der Waals surface area (Å²) >= 11 is 0. The summed E-state index contributed by atoms with van der Waals surface area (Å²) in [6.07, 6.45) is 6.09. The molecule has 0 saturated heterocycles. The Morgan fingerprint density at radius 1 is 1.18 bits per heavy atom. The first kappa shape index (κ1) is 14.3. The van der Waals surface area contributed by atoms with Crippen LogP contribution in [0.1, 0.15) is 56.1 Å². The van der Waals surface area contributed by atoms with Gasteiger partial charge in [-0.25, -0.2) is 0 Å². The smallest absolute Gasteiger partial charge is 0.220 e. The number of rotatable bonds is 0. The van der Waals surface area contributed by atoms with E-state index in [1.165, 1.54) is 5.56 Å². The first-order valence-corrected chi connectivity index (χ1v) is 8.55. The molecule has 0 amide bonds. The minimum Gasteiger partial charge on any atom is -0.504 e. The van der Waals surface area contributed by atoms with Crippen LogP contribution < -0.4 is 5.43 Å². The second-order valence-electron chi connectivity index (χ2n) is 7.76. The van der Waals surface area contributed by atoms with Crippen molar-refractivity contribution in [1.82, 2.24) is 0 Å². The molecule has 0 radical (unpaired) electrons. The molecule has 1 aromatic rings. The zero-order valence-electron chi connectivity index (χ0n) is 13.1. The molecule has 0 bridgehead atoms. The minimum atomic E-state index is -0.267. The highest BCUT2D eigenvalue weighted by Gasteiger charge is 2.54. The van der Waals surface area contributed by atoms with Crippen LogP contribution in [-0.2, 0) is 6.42 Å². The third kappa shape index (κ3) is 1.88. The lowest BCUT2D eigenvalue weighted by atomic mass is 9.55. The van der Waals surface area contributed by atoms with Crippen LogP contribution in [0, 0.1) is 17.3 Å². The van der Waals surface area contributed by atoms with Crippen molar-refractivity contribution in [3.63, 3.8) is 0 Å². The predicted octanol–water partition coefficient (Wildman–Crippen LogP) is 2.97. The molecular formula is C19H24O3. The fraction of sp³-hybridized carbons (Fsp3) is 0.632. The maximum absolute atomic E-state index is 11.8. The summed E-state index contributed by atoms with van der Waals surface area (Å²) < 4.78 is 0. The molecule has 0 aromatic heterocycles. The van der Waals surface area contributed by atoms with E-state index >= 15 is 0 Å². The summed E-state index contributed by atoms with van der Waals surface area (Å²) in [5.74, 6) is 1.55. The molecule has 2 N–H and O–H groups in total. The Hall–Kier alpha value is -1.35. The average Bonchev–Trinajstić information content (AvgIpc) is 2.72. The molecule has 3 aliphatic rings. The minimum absolute atomic E-state index is 0.0848. The van der Waals surface area contributed by atoms with Crippen LogP contribution >= 0.6 is 0 Å². The monoisotopic (exact) mass is 300 g/mol. The van der Waals surface area contributed by atoms with Crippen molar-refractivity contribution in [1.29, 1.82) is 0 Å². The van der Waals surface area contributed by atoms with Gasteiger partial charge in [-0.15, -0.1) is 0 Å². The molecule has 2 fully saturated rings. The molecule has 118 valence electrons. The maximum Gasteiger partial charge on any atom is 0.220 e. The topological polar surface area (TPSA) is 57.5 Å². The third-order valence-electron chi connectivity index (χ3n) is 6.88. The lowest BCUT2D eigenvalue weighted by molar-refractivity contribution is -0.0225. The van der Waals surface area contributed by atoms with Gasteiger partial charge in [-0.3, -0.25) is 4.79 Å². The van der Waals surface area contributed by atoms with Gasteiger partial charge in [0.05, 0.1) is 6.10 Å². The Kier molecular flexibility index (Phi) is 3.12. The number of aliphatic hydroxyl groups excluding tert-OH is 1. The molecule has 0 aliphatic heterocycles. The number of hydrogen-bond acceptors (Lipinski definition) is 3. The number of fused-ring (bicyclic) bond motifs is 5. The van der Waals surface area contributed by atoms with E-state index in [0.29, 0.717) is 17.8 Å². The number of aromatic hydroxyl groups is 1. The van der Waals surface area contributed by atoms with Crippen molar-refractivity contribution in [2.75, 3.05) is 0 Å². The van der Waals surface area contributed by atoms with Crippen molar-refractivity contribution in [2.45, 2.75) is 57.5 Å². The highest BCUT2D eigenvalue weighted by Crippen LogP contribution is 2.60. The van der Waals surface area contributed by atoms with Gasteiger partial charge in [0.15, 0.2) is 5.75 Å². The predicted molar refractivity (Wildman–Crippen MR) is 85.0 cm³/mol. The lowest BCUT2D eigenvalue weighted by Gasteiger charge is -2.49. The SMILES string of the molecule is C[C@]12CC[C@@H]3c4ccc(O)c(=O)cc4CC[C@H]3[C@@H]1CC[C@@H]2O. The van der Waals surface area contributed by atoms with E-state index in [2.05, 4.69) is 6.92 Å². The molecule has 0 heterocycles. The van der Waals surface area contributed by atoms with Gasteiger partial charge < -0.3 is 10.2 Å². The van der Waals surface area contributed by atoms with Crippen LogP contribution in [0.4, 0.5) is 0 Å². The molecule has 4 rings (SSSR count). The molecule has 0 unspecified atom stereocenters. The van der Waals surface area contributed by atoms with E-state index in [-0.39, 0.29) is 22.7 Å². The van der Waals surface area contributed by atoms with E-state index in [4.69, 9.17) is 0 Å². The zero-order chi connectivity index (χ0) is 15.5. The Labute approximate surface area is 131 Å². The second kappa shape index (κ2) is 4.82. The quantitative estimate of drug-likeness (QED) is 0.774. The van der Waals surface area contributed by atoms with E-state index < -0.39 is 0 Å². The van der Waals surface area contributed by atoms with Crippen LogP contribution in [0.2, 0.25) is 0 Å². The molecule has 3 nitrogen and oxygen atoms in total. The van der Waals surface area contributed by atoms with Crippen LogP contribution in [-0.4, -0.2) is 16.3 Å². The normalized spacial score (nSPS) is 39.7. The van der Waals surface area contributed by atoms with Crippen molar-refractivity contribution in [2.24, 2.45) is 17.3 Å². The summed E-state index contributed by atoms with van der Waals surface area (Å²) in [6, 6.07) is 5.18. The molecule has 5 atom stereocenters. The number of hydrogen-bond donors (Lipinski definition) is 2. The van der Waals surface area contributed by atoms with E-state index in [9.17, 15) is 15.0 Å². The van der Waals surface area contributed by atoms with Gasteiger partial charge in [-0.1, -0.05) is 13.0 Å². The fourth-order valence-electron chi connectivity index (χ4n) is 5.62. The van der Waals surface area contributed by atoms with Crippen molar-refractivity contribution < 1.29 is 10.2 Å². The molecule has 22 heavy (non-hydrogen) atoms. The van der Waals surface area contributed by atoms with E-state index in [0.717, 1.165) is 44.1 Å². The van der Waals surface area contributed by atoms with E-state index in [1.807, 2.05) is 6.07 Å². The van der Waals surface area contributed by atoms with Crippen LogP contribution in [0.15, 0.2) is 23.0 Å². The van der Waals surface area contributed by atoms with Crippen molar-refractivity contribution >= 4 is 0 Å². The van der Waals surface area contributed by atoms with Gasteiger partial charge in [0, 0.05) is 0 Å². The van der Waals surface area contributed by atoms with Gasteiger partial charge in [-0.2, -0.15) is 0 Å². The largest absolute Gasteiger partial charge is 0.504 e. The Morgan fingerprint density at radius 3 is 2.82 bits per heavy atom. The zero-order valence-corrected chi connectivity index (χ0v) is 13.1. The van der Waals surface area contributed by atoms with Gasteiger partial charge in [0.1, 0.15) is 0 Å². The molecule has 0 spiro atoms. The standard InChI is InChI=1S/C19H24O3/c1-19-9-8-13-12-4-6-16(20)17(21)10-11(12)2-3-14(13)15(19)5-7-18(19)22/h4,6,10,13-15,18,22H,2-3,5,7-9H2,1H3,(H,20,21)/t13-,14-,15+,18+,19+/m1/s1. The van der Waals surface area contributed by atoms with Crippen molar-refractivity contribution in [3.05, 3.63) is 39.5 Å². The number of aryl methyl sites for hydroxylation is 1. The Balaban J connectivity index is 1.77. The Morgan fingerprint density at radius 2 is 2.00 bits per heavy atom.